The van der Waals surface area contributed by atoms with Crippen LogP contribution < -0.4 is 10.6 Å². The Morgan fingerprint density at radius 2 is 1.82 bits per heavy atom. The molecule has 0 aliphatic carbocycles. The molecular formula is C17H22N2O3. The molecule has 1 rings (SSSR count). The molecule has 0 fully saturated rings. The first-order chi connectivity index (χ1) is 10.4. The number of ether oxygens (including phenoxy) is 1. The molecule has 0 spiro atoms. The molecule has 22 heavy (non-hydrogen) atoms. The lowest BCUT2D eigenvalue weighted by Gasteiger charge is -2.11. The van der Waals surface area contributed by atoms with Gasteiger partial charge in [0.25, 0.3) is 0 Å². The molecule has 2 N–H and O–H groups in total. The van der Waals surface area contributed by atoms with Gasteiger partial charge in [0.2, 0.25) is 5.91 Å². The van der Waals surface area contributed by atoms with Gasteiger partial charge in [-0.1, -0.05) is 5.57 Å². The van der Waals surface area contributed by atoms with E-state index in [1.807, 2.05) is 26.1 Å². The number of carbonyl (C=O) groups excluding carboxylic acids is 2. The van der Waals surface area contributed by atoms with Crippen LogP contribution in [0.1, 0.15) is 20.3 Å². The Bertz CT molecular complexity index is 562. The third kappa shape index (κ3) is 6.74. The Morgan fingerprint density at radius 1 is 1.23 bits per heavy atom. The van der Waals surface area contributed by atoms with Crippen LogP contribution in [0.4, 0.5) is 11.4 Å². The molecule has 1 atom stereocenters. The number of hydrogen-bond acceptors (Lipinski definition) is 4. The van der Waals surface area contributed by atoms with Gasteiger partial charge < -0.3 is 15.4 Å². The van der Waals surface area contributed by atoms with Crippen LogP contribution in [0.25, 0.3) is 0 Å². The van der Waals surface area contributed by atoms with Gasteiger partial charge in [-0.05, 0) is 38.1 Å². The molecule has 118 valence electrons. The predicted molar refractivity (Wildman–Crippen MR) is 88.7 cm³/mol. The summed E-state index contributed by atoms with van der Waals surface area (Å²) in [5.41, 5.74) is 2.54. The zero-order chi connectivity index (χ0) is 16.5. The van der Waals surface area contributed by atoms with Gasteiger partial charge in [0.15, 0.2) is 0 Å². The molecule has 1 amide bonds. The zero-order valence-electron chi connectivity index (χ0n) is 13.2. The molecule has 0 aliphatic heterocycles. The molecule has 0 aromatic heterocycles. The summed E-state index contributed by atoms with van der Waals surface area (Å²) in [6, 6.07) is 7.22. The van der Waals surface area contributed by atoms with Gasteiger partial charge in [-0.3, -0.25) is 4.79 Å². The first-order valence-electron chi connectivity index (χ1n) is 7.02. The molecule has 0 radical (unpaired) electrons. The highest BCUT2D eigenvalue weighted by Gasteiger charge is 2.07. The van der Waals surface area contributed by atoms with Crippen molar-refractivity contribution in [3.63, 3.8) is 0 Å². The molecular weight excluding hydrogens is 280 g/mol. The van der Waals surface area contributed by atoms with Crippen molar-refractivity contribution < 1.29 is 14.3 Å². The second kappa shape index (κ2) is 8.67. The quantitative estimate of drug-likeness (QED) is 0.461. The summed E-state index contributed by atoms with van der Waals surface area (Å²) in [7, 11) is 1.82. The molecule has 5 nitrogen and oxygen atoms in total. The van der Waals surface area contributed by atoms with Crippen LogP contribution in [-0.4, -0.2) is 25.0 Å². The lowest BCUT2D eigenvalue weighted by Crippen LogP contribution is -2.14. The van der Waals surface area contributed by atoms with Crippen LogP contribution in [0.15, 0.2) is 48.6 Å². The highest BCUT2D eigenvalue weighted by molar-refractivity contribution is 6.02. The predicted octanol–water partition coefficient (Wildman–Crippen LogP) is 3.12. The number of rotatable bonds is 7. The van der Waals surface area contributed by atoms with E-state index in [0.29, 0.717) is 12.1 Å². The molecule has 0 aliphatic rings. The summed E-state index contributed by atoms with van der Waals surface area (Å²) in [6.45, 7) is 7.41. The van der Waals surface area contributed by atoms with Crippen molar-refractivity contribution in [3.05, 3.63) is 48.6 Å². The maximum atomic E-state index is 11.7. The first kappa shape index (κ1) is 17.5. The lowest BCUT2D eigenvalue weighted by molar-refractivity contribution is -0.142. The first-order valence-corrected chi connectivity index (χ1v) is 7.02. The van der Waals surface area contributed by atoms with Gasteiger partial charge >= 0.3 is 5.97 Å². The van der Waals surface area contributed by atoms with Crippen LogP contribution in [0, 0.1) is 0 Å². The standard InChI is InChI=1S/C17H22N2O3/c1-12(2)11-13(3)22-17(21)10-9-16(20)19-15-7-5-14(18-4)6-8-15/h5-10,13,18H,1,11H2,2-4H3,(H,19,20)/b10-9-. The number of benzene rings is 1. The minimum absolute atomic E-state index is 0.258. The topological polar surface area (TPSA) is 67.4 Å². The number of esters is 1. The number of hydrogen-bond donors (Lipinski definition) is 2. The second-order valence-corrected chi connectivity index (χ2v) is 5.06. The van der Waals surface area contributed by atoms with Crippen LogP contribution in [0.2, 0.25) is 0 Å². The van der Waals surface area contributed by atoms with Crippen molar-refractivity contribution in [3.8, 4) is 0 Å². The van der Waals surface area contributed by atoms with Gasteiger partial charge in [-0.25, -0.2) is 4.79 Å². The molecule has 1 unspecified atom stereocenters. The Labute approximate surface area is 131 Å². The summed E-state index contributed by atoms with van der Waals surface area (Å²) >= 11 is 0. The van der Waals surface area contributed by atoms with E-state index in [1.54, 1.807) is 19.1 Å². The Morgan fingerprint density at radius 3 is 2.36 bits per heavy atom. The SMILES string of the molecule is C=C(C)CC(C)OC(=O)/C=C\C(=O)Nc1ccc(NC)cc1. The molecule has 1 aromatic rings. The summed E-state index contributed by atoms with van der Waals surface area (Å²) in [5.74, 6) is -0.934. The third-order valence-corrected chi connectivity index (χ3v) is 2.77. The average molecular weight is 302 g/mol. The summed E-state index contributed by atoms with van der Waals surface area (Å²) in [4.78, 5) is 23.2. The van der Waals surface area contributed by atoms with Crippen molar-refractivity contribution in [2.75, 3.05) is 17.7 Å². The molecule has 0 heterocycles. The van der Waals surface area contributed by atoms with E-state index in [9.17, 15) is 9.59 Å². The highest BCUT2D eigenvalue weighted by Crippen LogP contribution is 2.12. The van der Waals surface area contributed by atoms with Crippen LogP contribution in [-0.2, 0) is 14.3 Å². The Balaban J connectivity index is 2.45. The van der Waals surface area contributed by atoms with E-state index in [0.717, 1.165) is 23.4 Å². The second-order valence-electron chi connectivity index (χ2n) is 5.06. The average Bonchev–Trinajstić information content (AvgIpc) is 2.45. The largest absolute Gasteiger partial charge is 0.459 e. The maximum absolute atomic E-state index is 11.7. The molecule has 1 aromatic carbocycles. The molecule has 5 heteroatoms. The van der Waals surface area contributed by atoms with Gasteiger partial charge in [0.05, 0.1) is 0 Å². The zero-order valence-corrected chi connectivity index (χ0v) is 13.2. The van der Waals surface area contributed by atoms with Crippen LogP contribution >= 0.6 is 0 Å². The van der Waals surface area contributed by atoms with Gasteiger partial charge in [-0.15, -0.1) is 6.58 Å². The number of anilines is 2. The number of carbonyl (C=O) groups is 2. The molecule has 0 saturated heterocycles. The fourth-order valence-electron chi connectivity index (χ4n) is 1.82. The smallest absolute Gasteiger partial charge is 0.331 e. The van der Waals surface area contributed by atoms with E-state index in [4.69, 9.17) is 4.74 Å². The van der Waals surface area contributed by atoms with E-state index in [2.05, 4.69) is 17.2 Å². The number of amides is 1. The normalized spacial score (nSPS) is 11.8. The van der Waals surface area contributed by atoms with Crippen molar-refractivity contribution in [2.45, 2.75) is 26.4 Å². The van der Waals surface area contributed by atoms with Crippen molar-refractivity contribution in [1.29, 1.82) is 0 Å². The Hall–Kier alpha value is -2.56. The summed E-state index contributed by atoms with van der Waals surface area (Å²) in [5, 5.41) is 5.64. The van der Waals surface area contributed by atoms with Gasteiger partial charge in [0, 0.05) is 37.0 Å². The fourth-order valence-corrected chi connectivity index (χ4v) is 1.82. The van der Waals surface area contributed by atoms with Crippen molar-refractivity contribution in [2.24, 2.45) is 0 Å². The summed E-state index contributed by atoms with van der Waals surface area (Å²) in [6.07, 6.45) is 2.62. The van der Waals surface area contributed by atoms with E-state index >= 15 is 0 Å². The summed E-state index contributed by atoms with van der Waals surface area (Å²) < 4.78 is 5.12. The van der Waals surface area contributed by atoms with Gasteiger partial charge in [-0.2, -0.15) is 0 Å². The Kier molecular flexibility index (Phi) is 6.89. The van der Waals surface area contributed by atoms with Crippen molar-refractivity contribution in [1.82, 2.24) is 0 Å². The highest BCUT2D eigenvalue weighted by atomic mass is 16.5. The molecule has 0 saturated carbocycles. The minimum atomic E-state index is -0.547. The van der Waals surface area contributed by atoms with E-state index in [-0.39, 0.29) is 12.0 Å². The van der Waals surface area contributed by atoms with Crippen LogP contribution in [0.5, 0.6) is 0 Å². The lowest BCUT2D eigenvalue weighted by atomic mass is 10.2. The van der Waals surface area contributed by atoms with E-state index in [1.165, 1.54) is 0 Å². The monoisotopic (exact) mass is 302 g/mol. The number of nitrogens with one attached hydrogen (secondary N) is 2. The minimum Gasteiger partial charge on any atom is -0.459 e. The van der Waals surface area contributed by atoms with Gasteiger partial charge in [0.1, 0.15) is 6.10 Å². The van der Waals surface area contributed by atoms with Crippen LogP contribution in [0.3, 0.4) is 0 Å². The fraction of sp³-hybridized carbons (Fsp3) is 0.294. The maximum Gasteiger partial charge on any atom is 0.331 e. The van der Waals surface area contributed by atoms with Crippen molar-refractivity contribution >= 4 is 23.3 Å². The molecule has 0 bridgehead atoms. The van der Waals surface area contributed by atoms with E-state index < -0.39 is 5.97 Å². The third-order valence-electron chi connectivity index (χ3n) is 2.77.